The number of hydrogen-bond donors (Lipinski definition) is 0. The van der Waals surface area contributed by atoms with Gasteiger partial charge in [-0.25, -0.2) is 21.8 Å². The maximum Gasteiger partial charge on any atom is 0.243 e. The molecule has 37 heavy (non-hydrogen) atoms. The van der Waals surface area contributed by atoms with Crippen molar-refractivity contribution in [2.75, 3.05) is 51.0 Å². The summed E-state index contributed by atoms with van der Waals surface area (Å²) in [6.07, 6.45) is 2.31. The molecule has 0 radical (unpaired) electrons. The number of sulfonamides is 1. The summed E-state index contributed by atoms with van der Waals surface area (Å²) in [6.45, 7) is 2.34. The maximum absolute atomic E-state index is 13.4. The minimum Gasteiger partial charge on any atom is -0.497 e. The topological polar surface area (TPSA) is 117 Å². The van der Waals surface area contributed by atoms with Gasteiger partial charge in [0.2, 0.25) is 15.9 Å². The van der Waals surface area contributed by atoms with E-state index in [1.165, 1.54) is 41.1 Å². The van der Waals surface area contributed by atoms with Crippen LogP contribution in [-0.4, -0.2) is 89.1 Å². The third-order valence-corrected chi connectivity index (χ3v) is 10.9. The summed E-state index contributed by atoms with van der Waals surface area (Å²) >= 11 is 1.42. The number of methoxy groups -OCH3 is 1. The average Bonchev–Trinajstić information content (AvgIpc) is 3.55. The van der Waals surface area contributed by atoms with Gasteiger partial charge in [-0.1, -0.05) is 11.3 Å². The molecule has 0 spiro atoms. The molecule has 1 atom stereocenters. The number of aromatic nitrogens is 1. The highest BCUT2D eigenvalue weighted by Gasteiger charge is 2.41. The minimum absolute atomic E-state index is 0.146. The van der Waals surface area contributed by atoms with Crippen molar-refractivity contribution in [3.05, 3.63) is 42.5 Å². The van der Waals surface area contributed by atoms with Crippen LogP contribution in [0.15, 0.2) is 52.3 Å². The van der Waals surface area contributed by atoms with Crippen LogP contribution in [0.1, 0.15) is 12.8 Å². The Morgan fingerprint density at radius 3 is 2.30 bits per heavy atom. The molecule has 0 N–H and O–H groups in total. The van der Waals surface area contributed by atoms with E-state index in [2.05, 4.69) is 9.88 Å². The van der Waals surface area contributed by atoms with Crippen LogP contribution in [-0.2, 0) is 24.7 Å². The molecule has 0 bridgehead atoms. The molecule has 10 nitrogen and oxygen atoms in total. The third-order valence-electron chi connectivity index (χ3n) is 6.79. The van der Waals surface area contributed by atoms with E-state index < -0.39 is 25.9 Å². The van der Waals surface area contributed by atoms with Crippen LogP contribution in [0.3, 0.4) is 0 Å². The Balaban J connectivity index is 1.27. The SMILES string of the molecule is COc1ccc(S(=O)(=O)N2CCCC2C(=O)N2CCN(c3nc4ccc(S(C)(=O)=O)cc4s3)CC2)cc1. The van der Waals surface area contributed by atoms with E-state index in [-0.39, 0.29) is 15.7 Å². The fourth-order valence-electron chi connectivity index (χ4n) is 4.75. The number of anilines is 1. The first-order valence-corrected chi connectivity index (χ1v) is 16.0. The van der Waals surface area contributed by atoms with Crippen molar-refractivity contribution in [3.63, 3.8) is 0 Å². The van der Waals surface area contributed by atoms with Crippen molar-refractivity contribution in [2.24, 2.45) is 0 Å². The average molecular weight is 565 g/mol. The number of nitrogens with zero attached hydrogens (tertiary/aromatic N) is 4. The van der Waals surface area contributed by atoms with Crippen molar-refractivity contribution in [2.45, 2.75) is 28.7 Å². The molecule has 2 fully saturated rings. The van der Waals surface area contributed by atoms with Crippen LogP contribution in [0, 0.1) is 0 Å². The van der Waals surface area contributed by atoms with E-state index in [9.17, 15) is 21.6 Å². The molecule has 5 rings (SSSR count). The second-order valence-corrected chi connectivity index (χ2v) is 14.1. The van der Waals surface area contributed by atoms with Crippen LogP contribution in [0.25, 0.3) is 10.2 Å². The Hall–Kier alpha value is -2.74. The molecule has 0 aliphatic carbocycles. The summed E-state index contributed by atoms with van der Waals surface area (Å²) in [4.78, 5) is 22.3. The van der Waals surface area contributed by atoms with Crippen molar-refractivity contribution in [1.82, 2.24) is 14.2 Å². The predicted molar refractivity (Wildman–Crippen MR) is 141 cm³/mol. The summed E-state index contributed by atoms with van der Waals surface area (Å²) in [7, 11) is -5.59. The zero-order chi connectivity index (χ0) is 26.4. The monoisotopic (exact) mass is 564 g/mol. The number of ether oxygens (including phenoxy) is 1. The fraction of sp³-hybridized carbons (Fsp3) is 0.417. The molecule has 1 aromatic heterocycles. The highest BCUT2D eigenvalue weighted by molar-refractivity contribution is 7.90. The van der Waals surface area contributed by atoms with Crippen LogP contribution < -0.4 is 9.64 Å². The first kappa shape index (κ1) is 25.9. The fourth-order valence-corrected chi connectivity index (χ4v) is 8.17. The Morgan fingerprint density at radius 2 is 1.65 bits per heavy atom. The van der Waals surface area contributed by atoms with Gasteiger partial charge in [-0.15, -0.1) is 0 Å². The van der Waals surface area contributed by atoms with Crippen molar-refractivity contribution in [1.29, 1.82) is 0 Å². The molecule has 1 unspecified atom stereocenters. The van der Waals surface area contributed by atoms with Crippen molar-refractivity contribution >= 4 is 52.5 Å². The van der Waals surface area contributed by atoms with Gasteiger partial charge in [0, 0.05) is 39.0 Å². The molecular weight excluding hydrogens is 536 g/mol. The van der Waals surface area contributed by atoms with Crippen LogP contribution in [0.2, 0.25) is 0 Å². The third kappa shape index (κ3) is 5.05. The quantitative estimate of drug-likeness (QED) is 0.447. The van der Waals surface area contributed by atoms with Gasteiger partial charge in [0.1, 0.15) is 11.8 Å². The van der Waals surface area contributed by atoms with Gasteiger partial charge in [0.05, 0.1) is 27.1 Å². The second kappa shape index (κ2) is 9.86. The van der Waals surface area contributed by atoms with Crippen molar-refractivity contribution in [3.8, 4) is 5.75 Å². The zero-order valence-electron chi connectivity index (χ0n) is 20.5. The van der Waals surface area contributed by atoms with E-state index in [0.717, 1.165) is 15.3 Å². The summed E-state index contributed by atoms with van der Waals surface area (Å²) < 4.78 is 57.6. The van der Waals surface area contributed by atoms with Gasteiger partial charge >= 0.3 is 0 Å². The largest absolute Gasteiger partial charge is 0.497 e. The number of carbonyl (C=O) groups excluding carboxylic acids is 1. The predicted octanol–water partition coefficient (Wildman–Crippen LogP) is 2.21. The molecule has 2 saturated heterocycles. The lowest BCUT2D eigenvalue weighted by molar-refractivity contribution is -0.134. The first-order chi connectivity index (χ1) is 17.6. The van der Waals surface area contributed by atoms with Crippen LogP contribution >= 0.6 is 11.3 Å². The normalized spacial score (nSPS) is 19.5. The van der Waals surface area contributed by atoms with E-state index in [4.69, 9.17) is 4.74 Å². The highest BCUT2D eigenvalue weighted by atomic mass is 32.2. The lowest BCUT2D eigenvalue weighted by atomic mass is 10.2. The summed E-state index contributed by atoms with van der Waals surface area (Å²) in [6, 6.07) is 10.4. The lowest BCUT2D eigenvalue weighted by Gasteiger charge is -2.37. The highest BCUT2D eigenvalue weighted by Crippen LogP contribution is 2.32. The Kier molecular flexibility index (Phi) is 6.90. The number of thiazole rings is 1. The lowest BCUT2D eigenvalue weighted by Crippen LogP contribution is -2.54. The van der Waals surface area contributed by atoms with Gasteiger partial charge < -0.3 is 14.5 Å². The number of amides is 1. The van der Waals surface area contributed by atoms with E-state index >= 15 is 0 Å². The van der Waals surface area contributed by atoms with Gasteiger partial charge in [-0.3, -0.25) is 4.79 Å². The second-order valence-electron chi connectivity index (χ2n) is 9.16. The smallest absolute Gasteiger partial charge is 0.243 e. The molecule has 1 amide bonds. The van der Waals surface area contributed by atoms with Gasteiger partial charge in [-0.05, 0) is 55.3 Å². The minimum atomic E-state index is -3.81. The van der Waals surface area contributed by atoms with E-state index in [1.807, 2.05) is 0 Å². The van der Waals surface area contributed by atoms with E-state index in [1.54, 1.807) is 35.2 Å². The van der Waals surface area contributed by atoms with Crippen LogP contribution in [0.5, 0.6) is 5.75 Å². The van der Waals surface area contributed by atoms with Gasteiger partial charge in [0.25, 0.3) is 0 Å². The number of hydrogen-bond acceptors (Lipinski definition) is 9. The van der Waals surface area contributed by atoms with Gasteiger partial charge in [0.15, 0.2) is 15.0 Å². The Bertz CT molecular complexity index is 1530. The molecule has 0 saturated carbocycles. The Morgan fingerprint density at radius 1 is 0.973 bits per heavy atom. The number of carbonyl (C=O) groups is 1. The number of benzene rings is 2. The molecule has 2 aliphatic heterocycles. The number of fused-ring (bicyclic) bond motifs is 1. The number of sulfone groups is 1. The molecule has 3 heterocycles. The number of rotatable bonds is 6. The van der Waals surface area contributed by atoms with Crippen LogP contribution in [0.4, 0.5) is 5.13 Å². The maximum atomic E-state index is 13.4. The summed E-state index contributed by atoms with van der Waals surface area (Å²) in [5.41, 5.74) is 0.733. The molecule has 2 aromatic carbocycles. The van der Waals surface area contributed by atoms with E-state index in [0.29, 0.717) is 51.3 Å². The summed E-state index contributed by atoms with van der Waals surface area (Å²) in [5, 5.41) is 0.775. The Labute approximate surface area is 220 Å². The summed E-state index contributed by atoms with van der Waals surface area (Å²) in [5.74, 6) is 0.395. The van der Waals surface area contributed by atoms with Crippen molar-refractivity contribution < 1.29 is 26.4 Å². The molecule has 198 valence electrons. The first-order valence-electron chi connectivity index (χ1n) is 11.9. The molecule has 3 aromatic rings. The number of piperazine rings is 1. The van der Waals surface area contributed by atoms with Gasteiger partial charge in [-0.2, -0.15) is 4.31 Å². The zero-order valence-corrected chi connectivity index (χ0v) is 23.0. The molecular formula is C24H28N4O6S3. The molecule has 2 aliphatic rings. The molecule has 13 heteroatoms. The standard InChI is InChI=1S/C24H28N4O6S3/c1-34-17-5-7-18(8-6-17)37(32,33)28-11-3-4-21(28)23(29)26-12-14-27(15-13-26)24-25-20-10-9-19(36(2,30)31)16-22(20)35-24/h5-10,16,21H,3-4,11-15H2,1-2H3.